The number of nitrogens with zero attached hydrogens (tertiary/aromatic N) is 4. The van der Waals surface area contributed by atoms with Crippen LogP contribution in [0.5, 0.6) is 0 Å². The van der Waals surface area contributed by atoms with Crippen molar-refractivity contribution in [3.8, 4) is 0 Å². The number of hydrogen-bond acceptors (Lipinski definition) is 7. The van der Waals surface area contributed by atoms with Gasteiger partial charge < -0.3 is 24.2 Å². The molecule has 11 heteroatoms. The van der Waals surface area contributed by atoms with Crippen molar-refractivity contribution in [1.82, 2.24) is 14.9 Å². The number of carbonyl (C=O) groups is 2. The van der Waals surface area contributed by atoms with Crippen LogP contribution in [0.15, 0.2) is 12.4 Å². The summed E-state index contributed by atoms with van der Waals surface area (Å²) in [6.07, 6.45) is 3.24. The maximum Gasteiger partial charge on any atom is 0.498 e. The average molecular weight is 411 g/mol. The van der Waals surface area contributed by atoms with Gasteiger partial charge in [0.15, 0.2) is 0 Å². The molecule has 2 aliphatic heterocycles. The van der Waals surface area contributed by atoms with E-state index in [4.69, 9.17) is 20.9 Å². The van der Waals surface area contributed by atoms with Gasteiger partial charge in [-0.2, -0.15) is 0 Å². The van der Waals surface area contributed by atoms with E-state index < -0.39 is 36.2 Å². The number of amides is 1. The lowest BCUT2D eigenvalue weighted by atomic mass is 9.81. The van der Waals surface area contributed by atoms with E-state index in [0.29, 0.717) is 18.0 Å². The van der Waals surface area contributed by atoms with E-state index in [1.807, 2.05) is 27.7 Å². The standard InChI is InChI=1S/C17H24BClN4O5/c1-16(2)17(3,4)28-18(27-16)11-8-20-15(21-9-11)22-5-6-23(13(24)7-19)12(10-22)14(25)26/h8-9,12H,5-7,10H2,1-4H3,(H,25,26)/t12-/m0/s1. The lowest BCUT2D eigenvalue weighted by molar-refractivity contribution is -0.149. The molecule has 1 aromatic heterocycles. The predicted octanol–water partition coefficient (Wildman–Crippen LogP) is 0.116. The maximum absolute atomic E-state index is 11.9. The third-order valence-corrected chi connectivity index (χ3v) is 5.80. The minimum absolute atomic E-state index is 0.0911. The molecule has 0 spiro atoms. The molecule has 0 saturated carbocycles. The fourth-order valence-electron chi connectivity index (χ4n) is 3.15. The second-order valence-electron chi connectivity index (χ2n) is 7.93. The van der Waals surface area contributed by atoms with Crippen molar-refractivity contribution >= 4 is 42.0 Å². The maximum atomic E-state index is 11.9. The third-order valence-electron chi connectivity index (χ3n) is 5.57. The van der Waals surface area contributed by atoms with Crippen molar-refractivity contribution < 1.29 is 24.0 Å². The van der Waals surface area contributed by atoms with Crippen LogP contribution in [-0.4, -0.2) is 81.7 Å². The van der Waals surface area contributed by atoms with E-state index in [1.54, 1.807) is 17.3 Å². The van der Waals surface area contributed by atoms with Gasteiger partial charge in [-0.1, -0.05) is 0 Å². The molecule has 0 unspecified atom stereocenters. The van der Waals surface area contributed by atoms with Crippen LogP contribution < -0.4 is 10.4 Å². The van der Waals surface area contributed by atoms with Crippen molar-refractivity contribution in [2.24, 2.45) is 0 Å². The highest BCUT2D eigenvalue weighted by molar-refractivity contribution is 6.61. The number of alkyl halides is 1. The first-order chi connectivity index (χ1) is 13.1. The Morgan fingerprint density at radius 2 is 1.79 bits per heavy atom. The summed E-state index contributed by atoms with van der Waals surface area (Å²) in [4.78, 5) is 35.2. The number of anilines is 1. The first-order valence-corrected chi connectivity index (χ1v) is 9.60. The number of carboxylic acids is 1. The summed E-state index contributed by atoms with van der Waals surface area (Å²) in [7, 11) is -0.566. The first-order valence-electron chi connectivity index (χ1n) is 9.06. The Balaban J connectivity index is 1.72. The Hall–Kier alpha value is -1.91. The zero-order valence-electron chi connectivity index (χ0n) is 16.4. The van der Waals surface area contributed by atoms with Gasteiger partial charge in [0.25, 0.3) is 0 Å². The molecular formula is C17H24BClN4O5. The van der Waals surface area contributed by atoms with Crippen LogP contribution in [0.25, 0.3) is 0 Å². The summed E-state index contributed by atoms with van der Waals surface area (Å²) in [6.45, 7) is 8.62. The van der Waals surface area contributed by atoms with Crippen molar-refractivity contribution in [3.05, 3.63) is 12.4 Å². The number of carbonyl (C=O) groups excluding carboxylic acids is 1. The second-order valence-corrected chi connectivity index (χ2v) is 8.19. The SMILES string of the molecule is CC1(C)OB(c2cnc(N3CCN(C(=O)CCl)[C@H](C(=O)O)C3)nc2)OC1(C)C. The zero-order valence-corrected chi connectivity index (χ0v) is 17.1. The third kappa shape index (κ3) is 3.81. The molecule has 0 bridgehead atoms. The van der Waals surface area contributed by atoms with Crippen molar-refractivity contribution in [2.75, 3.05) is 30.4 Å². The molecule has 0 aromatic carbocycles. The molecule has 2 aliphatic rings. The van der Waals surface area contributed by atoms with Crippen molar-refractivity contribution in [2.45, 2.75) is 44.9 Å². The Morgan fingerprint density at radius 3 is 2.29 bits per heavy atom. The molecule has 1 N–H and O–H groups in total. The van der Waals surface area contributed by atoms with Gasteiger partial charge in [-0.15, -0.1) is 11.6 Å². The molecule has 3 heterocycles. The summed E-state index contributed by atoms with van der Waals surface area (Å²) in [5, 5.41) is 9.47. The Labute approximate surface area is 169 Å². The fourth-order valence-corrected chi connectivity index (χ4v) is 3.30. The summed E-state index contributed by atoms with van der Waals surface area (Å²) in [6, 6.07) is -0.994. The topological polar surface area (TPSA) is 105 Å². The highest BCUT2D eigenvalue weighted by Crippen LogP contribution is 2.36. The molecule has 28 heavy (non-hydrogen) atoms. The molecule has 1 aromatic rings. The molecule has 1 atom stereocenters. The van der Waals surface area contributed by atoms with Gasteiger partial charge in [0.2, 0.25) is 11.9 Å². The highest BCUT2D eigenvalue weighted by Gasteiger charge is 2.52. The lowest BCUT2D eigenvalue weighted by Gasteiger charge is -2.39. The molecule has 152 valence electrons. The first kappa shape index (κ1) is 20.8. The van der Waals surface area contributed by atoms with E-state index in [0.717, 1.165) is 0 Å². The van der Waals surface area contributed by atoms with Crippen LogP contribution in [0.1, 0.15) is 27.7 Å². The van der Waals surface area contributed by atoms with Gasteiger partial charge in [-0.05, 0) is 27.7 Å². The van der Waals surface area contributed by atoms with E-state index >= 15 is 0 Å². The predicted molar refractivity (Wildman–Crippen MR) is 104 cm³/mol. The number of halogens is 1. The Bertz CT molecular complexity index is 744. The molecule has 9 nitrogen and oxygen atoms in total. The van der Waals surface area contributed by atoms with E-state index in [9.17, 15) is 14.7 Å². The molecule has 0 radical (unpaired) electrons. The number of rotatable bonds is 4. The summed E-state index contributed by atoms with van der Waals surface area (Å²) in [5.41, 5.74) is -0.236. The van der Waals surface area contributed by atoms with Crippen LogP contribution >= 0.6 is 11.6 Å². The quantitative estimate of drug-likeness (QED) is 0.551. The monoisotopic (exact) mass is 410 g/mol. The zero-order chi connectivity index (χ0) is 20.7. The number of carboxylic acid groups (broad SMARTS) is 1. The average Bonchev–Trinajstić information content (AvgIpc) is 2.88. The van der Waals surface area contributed by atoms with Crippen LogP contribution in [0.4, 0.5) is 5.95 Å². The summed E-state index contributed by atoms with van der Waals surface area (Å²) >= 11 is 5.58. The minimum atomic E-state index is -1.09. The normalized spacial score (nSPS) is 23.8. The highest BCUT2D eigenvalue weighted by atomic mass is 35.5. The molecule has 0 aliphatic carbocycles. The van der Waals surface area contributed by atoms with Crippen molar-refractivity contribution in [3.63, 3.8) is 0 Å². The van der Waals surface area contributed by atoms with Gasteiger partial charge in [-0.3, -0.25) is 4.79 Å². The summed E-state index contributed by atoms with van der Waals surface area (Å²) in [5.74, 6) is -1.34. The smallest absolute Gasteiger partial charge is 0.480 e. The van der Waals surface area contributed by atoms with E-state index in [1.165, 1.54) is 4.90 Å². The second kappa shape index (κ2) is 7.49. The molecule has 1 amide bonds. The number of piperazine rings is 1. The van der Waals surface area contributed by atoms with Crippen molar-refractivity contribution in [1.29, 1.82) is 0 Å². The van der Waals surface area contributed by atoms with Gasteiger partial charge in [0.05, 0.1) is 17.7 Å². The van der Waals surface area contributed by atoms with E-state index in [2.05, 4.69) is 9.97 Å². The molecule has 2 saturated heterocycles. The van der Waals surface area contributed by atoms with Gasteiger partial charge in [0, 0.05) is 30.9 Å². The lowest BCUT2D eigenvalue weighted by Crippen LogP contribution is -2.59. The number of aliphatic carboxylic acids is 1. The molecule has 3 rings (SSSR count). The van der Waals surface area contributed by atoms with Crippen LogP contribution in [-0.2, 0) is 18.9 Å². The number of aromatic nitrogens is 2. The Kier molecular flexibility index (Phi) is 5.57. The van der Waals surface area contributed by atoms with E-state index in [-0.39, 0.29) is 19.0 Å². The molecule has 2 fully saturated rings. The van der Waals surface area contributed by atoms with Crippen LogP contribution in [0.2, 0.25) is 0 Å². The van der Waals surface area contributed by atoms with Gasteiger partial charge >= 0.3 is 13.1 Å². The van der Waals surface area contributed by atoms with Crippen LogP contribution in [0.3, 0.4) is 0 Å². The van der Waals surface area contributed by atoms with Gasteiger partial charge in [-0.25, -0.2) is 14.8 Å². The largest absolute Gasteiger partial charge is 0.498 e. The fraction of sp³-hybridized carbons (Fsp3) is 0.647. The number of hydrogen-bond donors (Lipinski definition) is 1. The summed E-state index contributed by atoms with van der Waals surface area (Å²) < 4.78 is 12.0. The minimum Gasteiger partial charge on any atom is -0.480 e. The van der Waals surface area contributed by atoms with Crippen LogP contribution in [0, 0.1) is 0 Å². The molecular weight excluding hydrogens is 386 g/mol. The Morgan fingerprint density at radius 1 is 1.21 bits per heavy atom. The van der Waals surface area contributed by atoms with Gasteiger partial charge in [0.1, 0.15) is 11.9 Å².